The Morgan fingerprint density at radius 3 is 2.71 bits per heavy atom. The average Bonchev–Trinajstić information content (AvgIpc) is 3.26. The summed E-state index contributed by atoms with van der Waals surface area (Å²) in [6, 6.07) is 14.5. The minimum absolute atomic E-state index is 0.0160. The number of aromatic nitrogens is 3. The second-order valence-corrected chi connectivity index (χ2v) is 8.53. The summed E-state index contributed by atoms with van der Waals surface area (Å²) in [5.41, 5.74) is 7.28. The number of rotatable bonds is 3. The molecule has 0 unspecified atom stereocenters. The fourth-order valence-electron chi connectivity index (χ4n) is 4.51. The molecule has 3 heterocycles. The second-order valence-electron chi connectivity index (χ2n) is 8.53. The topological polar surface area (TPSA) is 61.5 Å². The van der Waals surface area contributed by atoms with Gasteiger partial charge in [0.2, 0.25) is 0 Å². The Morgan fingerprint density at radius 1 is 1.07 bits per heavy atom. The number of hydrogen-bond acceptors (Lipinski definition) is 2. The zero-order valence-corrected chi connectivity index (χ0v) is 16.2. The molecule has 4 aromatic rings. The van der Waals surface area contributed by atoms with E-state index in [9.17, 15) is 4.79 Å². The van der Waals surface area contributed by atoms with E-state index in [2.05, 4.69) is 59.1 Å². The van der Waals surface area contributed by atoms with Crippen molar-refractivity contribution in [2.75, 3.05) is 0 Å². The van der Waals surface area contributed by atoms with Crippen LogP contribution in [0.1, 0.15) is 47.4 Å². The van der Waals surface area contributed by atoms with Crippen molar-refractivity contribution in [2.45, 2.75) is 33.1 Å². The first kappa shape index (κ1) is 17.0. The predicted molar refractivity (Wildman–Crippen MR) is 112 cm³/mol. The summed E-state index contributed by atoms with van der Waals surface area (Å²) in [7, 11) is 0. The normalized spacial score (nSPS) is 15.7. The molecule has 1 aromatic carbocycles. The number of ketones is 1. The number of H-pyrrole nitrogens is 2. The van der Waals surface area contributed by atoms with Gasteiger partial charge in [-0.15, -0.1) is 0 Å². The highest BCUT2D eigenvalue weighted by atomic mass is 16.1. The maximum atomic E-state index is 13.1. The minimum Gasteiger partial charge on any atom is -0.358 e. The number of nitrogens with zero attached hydrogens (tertiary/aromatic N) is 1. The monoisotopic (exact) mass is 369 g/mol. The van der Waals surface area contributed by atoms with Gasteiger partial charge in [-0.3, -0.25) is 4.79 Å². The summed E-state index contributed by atoms with van der Waals surface area (Å²) in [6.45, 7) is 4.34. The number of nitrogens with one attached hydrogen (secondary N) is 2. The molecule has 140 valence electrons. The molecule has 0 saturated heterocycles. The fraction of sp³-hybridized carbons (Fsp3) is 0.250. The van der Waals surface area contributed by atoms with Gasteiger partial charge in [-0.2, -0.15) is 0 Å². The predicted octanol–water partition coefficient (Wildman–Crippen LogP) is 5.30. The van der Waals surface area contributed by atoms with Crippen LogP contribution in [0.5, 0.6) is 0 Å². The van der Waals surface area contributed by atoms with Crippen molar-refractivity contribution in [1.82, 2.24) is 15.0 Å². The Hall–Kier alpha value is -3.14. The number of aromatic amines is 2. The summed E-state index contributed by atoms with van der Waals surface area (Å²) in [4.78, 5) is 24.4. The highest BCUT2D eigenvalue weighted by Gasteiger charge is 2.35. The number of carbonyl (C=O) groups excluding carboxylic acids is 1. The molecule has 0 saturated carbocycles. The SMILES string of the molecule is CC1(C)CC(=O)c2c([nH]c(-c3ccnc4[nH]ccc34)c2Cc2ccccc2)C1. The van der Waals surface area contributed by atoms with Crippen LogP contribution in [-0.2, 0) is 12.8 Å². The van der Waals surface area contributed by atoms with Crippen LogP contribution < -0.4 is 0 Å². The lowest BCUT2D eigenvalue weighted by Gasteiger charge is -2.28. The number of fused-ring (bicyclic) bond motifs is 2. The lowest BCUT2D eigenvalue weighted by molar-refractivity contribution is 0.0911. The fourth-order valence-corrected chi connectivity index (χ4v) is 4.51. The summed E-state index contributed by atoms with van der Waals surface area (Å²) in [6.07, 6.45) is 5.95. The van der Waals surface area contributed by atoms with Gasteiger partial charge >= 0.3 is 0 Å². The van der Waals surface area contributed by atoms with Crippen LogP contribution in [0.4, 0.5) is 0 Å². The highest BCUT2D eigenvalue weighted by molar-refractivity contribution is 6.03. The van der Waals surface area contributed by atoms with E-state index in [4.69, 9.17) is 0 Å². The largest absolute Gasteiger partial charge is 0.358 e. The van der Waals surface area contributed by atoms with Crippen LogP contribution in [0.15, 0.2) is 54.9 Å². The quantitative estimate of drug-likeness (QED) is 0.514. The second kappa shape index (κ2) is 6.20. The first-order chi connectivity index (χ1) is 13.5. The van der Waals surface area contributed by atoms with Gasteiger partial charge in [0.1, 0.15) is 5.65 Å². The van der Waals surface area contributed by atoms with E-state index in [0.29, 0.717) is 6.42 Å². The first-order valence-corrected chi connectivity index (χ1v) is 9.75. The molecule has 4 heteroatoms. The molecule has 0 amide bonds. The smallest absolute Gasteiger partial charge is 0.165 e. The van der Waals surface area contributed by atoms with Gasteiger partial charge in [-0.05, 0) is 35.1 Å². The standard InChI is InChI=1S/C24H23N3O/c1-24(2)13-19-21(20(28)14-24)18(12-15-6-4-3-5-7-15)22(27-19)16-8-10-25-23-17(16)9-11-26-23/h3-11,27H,12-14H2,1-2H3,(H,25,26). The van der Waals surface area contributed by atoms with Gasteiger partial charge in [0.15, 0.2) is 5.78 Å². The Labute approximate surface area is 164 Å². The molecule has 0 radical (unpaired) electrons. The lowest BCUT2D eigenvalue weighted by atomic mass is 9.75. The molecule has 0 bridgehead atoms. The number of Topliss-reactive ketones (excluding diaryl/α,β-unsaturated/α-hetero) is 1. The van der Waals surface area contributed by atoms with Gasteiger partial charge < -0.3 is 9.97 Å². The van der Waals surface area contributed by atoms with Gasteiger partial charge in [-0.25, -0.2) is 4.98 Å². The summed E-state index contributed by atoms with van der Waals surface area (Å²) >= 11 is 0. The molecule has 3 aromatic heterocycles. The van der Waals surface area contributed by atoms with Crippen LogP contribution >= 0.6 is 0 Å². The molecule has 0 aliphatic heterocycles. The van der Waals surface area contributed by atoms with E-state index in [-0.39, 0.29) is 11.2 Å². The zero-order chi connectivity index (χ0) is 19.3. The van der Waals surface area contributed by atoms with Crippen molar-refractivity contribution in [1.29, 1.82) is 0 Å². The van der Waals surface area contributed by atoms with Crippen molar-refractivity contribution in [2.24, 2.45) is 5.41 Å². The molecule has 1 aliphatic rings. The number of benzene rings is 1. The number of pyridine rings is 1. The van der Waals surface area contributed by atoms with E-state index in [1.165, 1.54) is 5.56 Å². The van der Waals surface area contributed by atoms with E-state index >= 15 is 0 Å². The Morgan fingerprint density at radius 2 is 1.89 bits per heavy atom. The maximum absolute atomic E-state index is 13.1. The summed E-state index contributed by atoms with van der Waals surface area (Å²) < 4.78 is 0. The van der Waals surface area contributed by atoms with Crippen LogP contribution in [0.25, 0.3) is 22.3 Å². The molecule has 2 N–H and O–H groups in total. The van der Waals surface area contributed by atoms with E-state index < -0.39 is 0 Å². The van der Waals surface area contributed by atoms with Crippen LogP contribution in [0.3, 0.4) is 0 Å². The van der Waals surface area contributed by atoms with Crippen molar-refractivity contribution < 1.29 is 4.79 Å². The molecular weight excluding hydrogens is 346 g/mol. The molecule has 0 fully saturated rings. The van der Waals surface area contributed by atoms with Gasteiger partial charge in [0, 0.05) is 47.4 Å². The van der Waals surface area contributed by atoms with Gasteiger partial charge in [0.25, 0.3) is 0 Å². The number of carbonyl (C=O) groups is 1. The van der Waals surface area contributed by atoms with Crippen LogP contribution in [0.2, 0.25) is 0 Å². The molecule has 0 atom stereocenters. The molecular formula is C24H23N3O. The van der Waals surface area contributed by atoms with Crippen molar-refractivity contribution in [3.63, 3.8) is 0 Å². The Kier molecular flexibility index (Phi) is 3.76. The van der Waals surface area contributed by atoms with Crippen molar-refractivity contribution in [3.8, 4) is 11.3 Å². The van der Waals surface area contributed by atoms with Crippen molar-refractivity contribution >= 4 is 16.8 Å². The molecule has 4 nitrogen and oxygen atoms in total. The maximum Gasteiger partial charge on any atom is 0.165 e. The van der Waals surface area contributed by atoms with Gasteiger partial charge in [0.05, 0.1) is 5.69 Å². The molecule has 0 spiro atoms. The third-order valence-corrected chi connectivity index (χ3v) is 5.71. The van der Waals surface area contributed by atoms with Crippen LogP contribution in [-0.4, -0.2) is 20.7 Å². The van der Waals surface area contributed by atoms with Crippen LogP contribution in [0, 0.1) is 5.41 Å². The molecule has 28 heavy (non-hydrogen) atoms. The van der Waals surface area contributed by atoms with Crippen molar-refractivity contribution in [3.05, 3.63) is 77.2 Å². The minimum atomic E-state index is -0.0160. The Balaban J connectivity index is 1.75. The van der Waals surface area contributed by atoms with E-state index in [1.54, 1.807) is 0 Å². The third-order valence-electron chi connectivity index (χ3n) is 5.71. The highest BCUT2D eigenvalue weighted by Crippen LogP contribution is 2.41. The summed E-state index contributed by atoms with van der Waals surface area (Å²) in [5, 5.41) is 1.07. The first-order valence-electron chi connectivity index (χ1n) is 9.75. The van der Waals surface area contributed by atoms with E-state index in [0.717, 1.165) is 52.0 Å². The third kappa shape index (κ3) is 2.76. The average molecular weight is 369 g/mol. The number of hydrogen-bond donors (Lipinski definition) is 2. The van der Waals surface area contributed by atoms with E-state index in [1.807, 2.05) is 24.5 Å². The Bertz CT molecular complexity index is 1180. The van der Waals surface area contributed by atoms with Gasteiger partial charge in [-0.1, -0.05) is 44.2 Å². The lowest BCUT2D eigenvalue weighted by Crippen LogP contribution is -2.27. The molecule has 5 rings (SSSR count). The summed E-state index contributed by atoms with van der Waals surface area (Å²) in [5.74, 6) is 0.249. The molecule has 1 aliphatic carbocycles. The zero-order valence-electron chi connectivity index (χ0n) is 16.2.